The fourth-order valence-corrected chi connectivity index (χ4v) is 1.36. The van der Waals surface area contributed by atoms with E-state index in [1.807, 2.05) is 6.92 Å². The Labute approximate surface area is 144 Å². The minimum atomic E-state index is -1.38. The Hall–Kier alpha value is 0.160. The zero-order chi connectivity index (χ0) is 11.4. The van der Waals surface area contributed by atoms with Crippen LogP contribution in [-0.2, 0) is 6.42 Å². The van der Waals surface area contributed by atoms with Crippen molar-refractivity contribution in [2.24, 2.45) is 0 Å². The molecule has 0 bridgehead atoms. The Balaban J connectivity index is 0. The van der Waals surface area contributed by atoms with Crippen molar-refractivity contribution in [2.75, 3.05) is 0 Å². The van der Waals surface area contributed by atoms with E-state index in [-0.39, 0.29) is 70.2 Å². The Morgan fingerprint density at radius 1 is 1.00 bits per heavy atom. The first kappa shape index (κ1) is 19.5. The van der Waals surface area contributed by atoms with Gasteiger partial charge in [-0.15, -0.1) is 0 Å². The summed E-state index contributed by atoms with van der Waals surface area (Å²) in [6, 6.07) is 3.89. The minimum Gasteiger partial charge on any atom is -0.545 e. The Kier molecular flexibility index (Phi) is 10.5. The molecular weight excluding hydrogens is 242 g/mol. The summed E-state index contributed by atoms with van der Waals surface area (Å²) in [6.07, 6.45) is 1.43. The van der Waals surface area contributed by atoms with Gasteiger partial charge in [0.05, 0.1) is 11.9 Å². The molecule has 17 heavy (non-hydrogen) atoms. The van der Waals surface area contributed by atoms with E-state index in [0.29, 0.717) is 12.0 Å². The number of aryl methyl sites for hydroxylation is 1. The average molecular weight is 252 g/mol. The summed E-state index contributed by atoms with van der Waals surface area (Å²) in [4.78, 5) is 21.2. The van der Waals surface area contributed by atoms with E-state index in [1.54, 1.807) is 0 Å². The number of aromatic carboxylic acids is 2. The number of hydrogen-bond donors (Lipinski definition) is 0. The van der Waals surface area contributed by atoms with Crippen molar-refractivity contribution in [1.82, 2.24) is 0 Å². The molecule has 0 aliphatic rings. The van der Waals surface area contributed by atoms with Crippen molar-refractivity contribution in [3.8, 4) is 0 Å². The topological polar surface area (TPSA) is 80.3 Å². The van der Waals surface area contributed by atoms with Crippen LogP contribution in [0.4, 0.5) is 0 Å². The molecule has 0 aliphatic carbocycles. The molecule has 0 aromatic heterocycles. The maximum absolute atomic E-state index is 10.6. The Morgan fingerprint density at radius 2 is 1.41 bits per heavy atom. The molecule has 0 unspecified atom stereocenters. The zero-order valence-corrected chi connectivity index (χ0v) is 14.3. The number of hydrogen-bond acceptors (Lipinski definition) is 4. The molecule has 80 valence electrons. The van der Waals surface area contributed by atoms with Gasteiger partial charge in [-0.05, 0) is 41.3 Å². The summed E-state index contributed by atoms with van der Waals surface area (Å²) in [5.41, 5.74) is 0.415. The normalized spacial score (nSPS) is 8.76. The van der Waals surface area contributed by atoms with Gasteiger partial charge in [0, 0.05) is 0 Å². The molecule has 0 saturated carbocycles. The molecule has 0 spiro atoms. The third kappa shape index (κ3) is 6.04. The summed E-state index contributed by atoms with van der Waals surface area (Å²) < 4.78 is 0. The molecule has 0 N–H and O–H groups in total. The minimum absolute atomic E-state index is 0. The maximum Gasteiger partial charge on any atom is 1.00 e. The average Bonchev–Trinajstić information content (AvgIpc) is 2.17. The van der Waals surface area contributed by atoms with Gasteiger partial charge in [0.15, 0.2) is 0 Å². The van der Waals surface area contributed by atoms with E-state index in [1.165, 1.54) is 12.1 Å². The zero-order valence-electron chi connectivity index (χ0n) is 10.3. The van der Waals surface area contributed by atoms with Crippen LogP contribution in [0, 0.1) is 0 Å². The number of carboxylic acid groups (broad SMARTS) is 2. The standard InChI is InChI=1S/C11H12O4.2Na/c1-2-3-7-4-8(10(12)13)6-9(5-7)11(14)15;;/h4-6H,2-3H2,1H3,(H,12,13)(H,14,15);;/q;2*+1/p-2. The monoisotopic (exact) mass is 252 g/mol. The molecule has 0 radical (unpaired) electrons. The first-order valence-electron chi connectivity index (χ1n) is 4.61. The molecule has 0 heterocycles. The van der Waals surface area contributed by atoms with E-state index >= 15 is 0 Å². The first-order valence-corrected chi connectivity index (χ1v) is 4.61. The van der Waals surface area contributed by atoms with Gasteiger partial charge < -0.3 is 19.8 Å². The molecule has 4 nitrogen and oxygen atoms in total. The third-order valence-corrected chi connectivity index (χ3v) is 2.00. The molecule has 1 aromatic carbocycles. The molecule has 0 amide bonds. The van der Waals surface area contributed by atoms with Crippen molar-refractivity contribution >= 4 is 11.9 Å². The fourth-order valence-electron chi connectivity index (χ4n) is 1.36. The van der Waals surface area contributed by atoms with Gasteiger partial charge in [-0.2, -0.15) is 0 Å². The maximum atomic E-state index is 10.6. The van der Waals surface area contributed by atoms with E-state index < -0.39 is 11.9 Å². The van der Waals surface area contributed by atoms with Crippen LogP contribution in [0.3, 0.4) is 0 Å². The van der Waals surface area contributed by atoms with Crippen LogP contribution in [-0.4, -0.2) is 11.9 Å². The summed E-state index contributed by atoms with van der Waals surface area (Å²) in [7, 11) is 0. The molecule has 1 aromatic rings. The Morgan fingerprint density at radius 3 is 1.71 bits per heavy atom. The first-order chi connectivity index (χ1) is 7.04. The van der Waals surface area contributed by atoms with Crippen LogP contribution >= 0.6 is 0 Å². The number of rotatable bonds is 4. The second kappa shape index (κ2) is 9.14. The summed E-state index contributed by atoms with van der Waals surface area (Å²) in [6.45, 7) is 1.92. The number of carboxylic acids is 2. The third-order valence-electron chi connectivity index (χ3n) is 2.00. The van der Waals surface area contributed by atoms with Crippen molar-refractivity contribution in [1.29, 1.82) is 0 Å². The predicted molar refractivity (Wildman–Crippen MR) is 49.1 cm³/mol. The smallest absolute Gasteiger partial charge is 0.545 e. The van der Waals surface area contributed by atoms with Crippen LogP contribution in [0.5, 0.6) is 0 Å². The summed E-state index contributed by atoms with van der Waals surface area (Å²) >= 11 is 0. The second-order valence-corrected chi connectivity index (χ2v) is 3.24. The molecular formula is C11H10Na2O4. The van der Waals surface area contributed by atoms with Gasteiger partial charge in [-0.1, -0.05) is 13.3 Å². The largest absolute Gasteiger partial charge is 1.00 e. The summed E-state index contributed by atoms with van der Waals surface area (Å²) in [5, 5.41) is 21.2. The van der Waals surface area contributed by atoms with Crippen molar-refractivity contribution in [3.05, 3.63) is 34.9 Å². The van der Waals surface area contributed by atoms with Gasteiger partial charge in [0.1, 0.15) is 0 Å². The van der Waals surface area contributed by atoms with Crippen LogP contribution in [0.25, 0.3) is 0 Å². The molecule has 6 heteroatoms. The molecule has 0 atom stereocenters. The quantitative estimate of drug-likeness (QED) is 0.499. The van der Waals surface area contributed by atoms with Crippen molar-refractivity contribution < 1.29 is 78.9 Å². The van der Waals surface area contributed by atoms with Crippen LogP contribution in [0.1, 0.15) is 39.6 Å². The second-order valence-electron chi connectivity index (χ2n) is 3.24. The predicted octanol–water partition coefficient (Wildman–Crippen LogP) is -6.63. The van der Waals surface area contributed by atoms with E-state index in [4.69, 9.17) is 0 Å². The number of carbonyl (C=O) groups is 2. The van der Waals surface area contributed by atoms with E-state index in [9.17, 15) is 19.8 Å². The van der Waals surface area contributed by atoms with Crippen LogP contribution in [0.2, 0.25) is 0 Å². The number of benzene rings is 1. The van der Waals surface area contributed by atoms with Crippen LogP contribution in [0.15, 0.2) is 18.2 Å². The van der Waals surface area contributed by atoms with Gasteiger partial charge in [-0.25, -0.2) is 0 Å². The number of carbonyl (C=O) groups excluding carboxylic acids is 2. The molecule has 0 fully saturated rings. The Bertz CT molecular complexity index is 372. The van der Waals surface area contributed by atoms with Gasteiger partial charge in [0.25, 0.3) is 0 Å². The SMILES string of the molecule is CCCc1cc(C(=O)[O-])cc(C(=O)[O-])c1.[Na+].[Na+]. The summed E-state index contributed by atoms with van der Waals surface area (Å²) in [5.74, 6) is -2.76. The van der Waals surface area contributed by atoms with E-state index in [2.05, 4.69) is 0 Å². The van der Waals surface area contributed by atoms with Crippen LogP contribution < -0.4 is 69.3 Å². The van der Waals surface area contributed by atoms with E-state index in [0.717, 1.165) is 12.5 Å². The van der Waals surface area contributed by atoms with Gasteiger partial charge in [-0.3, -0.25) is 0 Å². The van der Waals surface area contributed by atoms with Crippen molar-refractivity contribution in [2.45, 2.75) is 19.8 Å². The van der Waals surface area contributed by atoms with Gasteiger partial charge in [0.2, 0.25) is 0 Å². The molecule has 0 saturated heterocycles. The van der Waals surface area contributed by atoms with Crippen molar-refractivity contribution in [3.63, 3.8) is 0 Å². The molecule has 0 aliphatic heterocycles. The molecule has 1 rings (SSSR count). The van der Waals surface area contributed by atoms with Gasteiger partial charge >= 0.3 is 59.1 Å². The fraction of sp³-hybridized carbons (Fsp3) is 0.273.